The van der Waals surface area contributed by atoms with E-state index >= 15 is 0 Å². The predicted molar refractivity (Wildman–Crippen MR) is 110 cm³/mol. The Kier molecular flexibility index (Phi) is 6.56. The fourth-order valence-corrected chi connectivity index (χ4v) is 2.36. The SMILES string of the molecule is O=C(ON=C1C=CC(=NOC(=O)c2cccc([N+](=O)[O-])c2)C=C1)c1cccc([N+](=O)[O-])c1. The number of nitro groups is 2. The third-order valence-corrected chi connectivity index (χ3v) is 3.90. The van der Waals surface area contributed by atoms with Gasteiger partial charge in [-0.15, -0.1) is 0 Å². The van der Waals surface area contributed by atoms with E-state index in [1.54, 1.807) is 0 Å². The number of rotatable bonds is 6. The maximum atomic E-state index is 12.0. The Hall–Kier alpha value is -5.00. The van der Waals surface area contributed by atoms with Crippen LogP contribution in [0.15, 0.2) is 83.1 Å². The standard InChI is InChI=1S/C20H12N4O8/c25-19(13-3-1-5-17(11-13)23(27)28)31-21-15-7-9-16(10-8-15)22-32-20(26)14-4-2-6-18(12-14)24(29)30/h1-12H. The lowest BCUT2D eigenvalue weighted by Crippen LogP contribution is -2.07. The molecule has 2 aromatic rings. The monoisotopic (exact) mass is 436 g/mol. The van der Waals surface area contributed by atoms with Crippen molar-refractivity contribution in [1.82, 2.24) is 0 Å². The second-order valence-corrected chi connectivity index (χ2v) is 6.07. The average molecular weight is 436 g/mol. The molecule has 32 heavy (non-hydrogen) atoms. The van der Waals surface area contributed by atoms with Crippen LogP contribution in [-0.2, 0) is 9.68 Å². The van der Waals surface area contributed by atoms with Gasteiger partial charge in [0.05, 0.1) is 21.0 Å². The molecule has 12 heteroatoms. The number of benzene rings is 2. The fourth-order valence-electron chi connectivity index (χ4n) is 2.36. The van der Waals surface area contributed by atoms with Crippen LogP contribution >= 0.6 is 0 Å². The summed E-state index contributed by atoms with van der Waals surface area (Å²) in [5, 5.41) is 28.8. The van der Waals surface area contributed by atoms with Crippen molar-refractivity contribution >= 4 is 34.7 Å². The van der Waals surface area contributed by atoms with Crippen LogP contribution in [0.25, 0.3) is 0 Å². The zero-order valence-electron chi connectivity index (χ0n) is 16.0. The van der Waals surface area contributed by atoms with E-state index < -0.39 is 21.8 Å². The molecule has 0 saturated carbocycles. The highest BCUT2D eigenvalue weighted by Crippen LogP contribution is 2.15. The smallest absolute Gasteiger partial charge is 0.312 e. The van der Waals surface area contributed by atoms with Crippen molar-refractivity contribution in [2.24, 2.45) is 10.3 Å². The van der Waals surface area contributed by atoms with Crippen molar-refractivity contribution in [2.75, 3.05) is 0 Å². The molecule has 0 amide bonds. The van der Waals surface area contributed by atoms with Gasteiger partial charge in [0.15, 0.2) is 0 Å². The van der Waals surface area contributed by atoms with Gasteiger partial charge in [-0.1, -0.05) is 22.4 Å². The molecule has 0 aliphatic heterocycles. The topological polar surface area (TPSA) is 164 Å². The van der Waals surface area contributed by atoms with Crippen molar-refractivity contribution in [3.63, 3.8) is 0 Å². The Morgan fingerprint density at radius 3 is 1.41 bits per heavy atom. The van der Waals surface area contributed by atoms with Crippen molar-refractivity contribution < 1.29 is 29.1 Å². The van der Waals surface area contributed by atoms with Gasteiger partial charge < -0.3 is 9.68 Å². The van der Waals surface area contributed by atoms with Crippen LogP contribution in [-0.4, -0.2) is 33.2 Å². The quantitative estimate of drug-likeness (QED) is 0.288. The molecule has 1 aliphatic rings. The molecule has 0 fully saturated rings. The summed E-state index contributed by atoms with van der Waals surface area (Å²) in [7, 11) is 0. The van der Waals surface area contributed by atoms with Crippen LogP contribution in [0.3, 0.4) is 0 Å². The first-order chi connectivity index (χ1) is 15.3. The van der Waals surface area contributed by atoms with E-state index in [0.717, 1.165) is 12.1 Å². The Bertz CT molecular complexity index is 1120. The fraction of sp³-hybridized carbons (Fsp3) is 0. The number of hydrogen-bond acceptors (Lipinski definition) is 10. The van der Waals surface area contributed by atoms with E-state index in [-0.39, 0.29) is 33.9 Å². The van der Waals surface area contributed by atoms with Gasteiger partial charge in [-0.05, 0) is 36.4 Å². The third-order valence-electron chi connectivity index (χ3n) is 3.90. The van der Waals surface area contributed by atoms with Crippen LogP contribution in [0.2, 0.25) is 0 Å². The molecule has 160 valence electrons. The van der Waals surface area contributed by atoms with Crippen molar-refractivity contribution in [1.29, 1.82) is 0 Å². The van der Waals surface area contributed by atoms with Crippen LogP contribution < -0.4 is 0 Å². The molecule has 1 aliphatic carbocycles. The summed E-state index contributed by atoms with van der Waals surface area (Å²) in [4.78, 5) is 53.8. The lowest BCUT2D eigenvalue weighted by Gasteiger charge is -2.03. The summed E-state index contributed by atoms with van der Waals surface area (Å²) in [6.45, 7) is 0. The second kappa shape index (κ2) is 9.67. The minimum atomic E-state index is -0.881. The zero-order valence-corrected chi connectivity index (χ0v) is 16.0. The van der Waals surface area contributed by atoms with Crippen LogP contribution in [0.1, 0.15) is 20.7 Å². The van der Waals surface area contributed by atoms with Crippen molar-refractivity contribution in [3.8, 4) is 0 Å². The third kappa shape index (κ3) is 5.54. The van der Waals surface area contributed by atoms with Gasteiger partial charge in [0.1, 0.15) is 11.4 Å². The molecule has 0 saturated heterocycles. The molecule has 12 nitrogen and oxygen atoms in total. The van der Waals surface area contributed by atoms with Crippen LogP contribution in [0.5, 0.6) is 0 Å². The molecule has 0 unspecified atom stereocenters. The number of nitro benzene ring substituents is 2. The summed E-state index contributed by atoms with van der Waals surface area (Å²) in [6, 6.07) is 10.0. The Morgan fingerprint density at radius 1 is 0.688 bits per heavy atom. The molecule has 0 heterocycles. The second-order valence-electron chi connectivity index (χ2n) is 6.07. The maximum absolute atomic E-state index is 12.0. The first-order valence-electron chi connectivity index (χ1n) is 8.77. The normalized spacial score (nSPS) is 12.1. The van der Waals surface area contributed by atoms with E-state index in [9.17, 15) is 29.8 Å². The lowest BCUT2D eigenvalue weighted by molar-refractivity contribution is -0.385. The predicted octanol–water partition coefficient (Wildman–Crippen LogP) is 3.35. The van der Waals surface area contributed by atoms with E-state index in [0.29, 0.717) is 0 Å². The van der Waals surface area contributed by atoms with Gasteiger partial charge in [-0.25, -0.2) is 9.59 Å². The van der Waals surface area contributed by atoms with Gasteiger partial charge in [0.2, 0.25) is 0 Å². The van der Waals surface area contributed by atoms with Crippen molar-refractivity contribution in [3.05, 3.63) is 104 Å². The largest absolute Gasteiger partial charge is 0.366 e. The Labute approximate surface area is 179 Å². The van der Waals surface area contributed by atoms with Gasteiger partial charge in [0, 0.05) is 24.3 Å². The summed E-state index contributed by atoms with van der Waals surface area (Å²) >= 11 is 0. The molecule has 0 N–H and O–H groups in total. The number of non-ortho nitro benzene ring substituents is 2. The van der Waals surface area contributed by atoms with E-state index in [1.165, 1.54) is 60.7 Å². The summed E-state index contributed by atoms with van der Waals surface area (Å²) in [5.41, 5.74) is -0.138. The number of allylic oxidation sites excluding steroid dienone is 4. The molecular weight excluding hydrogens is 424 g/mol. The minimum absolute atomic E-state index is 0.0392. The van der Waals surface area contributed by atoms with E-state index in [1.807, 2.05) is 0 Å². The average Bonchev–Trinajstić information content (AvgIpc) is 2.81. The molecule has 0 radical (unpaired) electrons. The summed E-state index contributed by atoms with van der Waals surface area (Å²) in [6.07, 6.45) is 5.67. The van der Waals surface area contributed by atoms with Crippen LogP contribution in [0.4, 0.5) is 11.4 Å². The number of carbonyl (C=O) groups is 2. The number of carbonyl (C=O) groups excluding carboxylic acids is 2. The highest BCUT2D eigenvalue weighted by atomic mass is 16.7. The zero-order chi connectivity index (χ0) is 23.1. The number of hydrogen-bond donors (Lipinski definition) is 0. The highest BCUT2D eigenvalue weighted by molar-refractivity contribution is 6.18. The number of oxime groups is 2. The van der Waals surface area contributed by atoms with E-state index in [4.69, 9.17) is 9.68 Å². The molecule has 0 aromatic heterocycles. The number of nitrogens with zero attached hydrogens (tertiary/aromatic N) is 4. The summed E-state index contributed by atoms with van der Waals surface area (Å²) in [5.74, 6) is -1.76. The van der Waals surface area contributed by atoms with Gasteiger partial charge in [0.25, 0.3) is 11.4 Å². The molecule has 3 rings (SSSR count). The summed E-state index contributed by atoms with van der Waals surface area (Å²) < 4.78 is 0. The molecule has 2 aromatic carbocycles. The lowest BCUT2D eigenvalue weighted by atomic mass is 10.1. The van der Waals surface area contributed by atoms with E-state index in [2.05, 4.69) is 10.3 Å². The highest BCUT2D eigenvalue weighted by Gasteiger charge is 2.14. The van der Waals surface area contributed by atoms with Crippen molar-refractivity contribution in [2.45, 2.75) is 0 Å². The van der Waals surface area contributed by atoms with Gasteiger partial charge in [-0.2, -0.15) is 0 Å². The molecule has 0 atom stereocenters. The Balaban J connectivity index is 1.59. The molecule has 0 spiro atoms. The minimum Gasteiger partial charge on any atom is -0.312 e. The van der Waals surface area contributed by atoms with Gasteiger partial charge >= 0.3 is 11.9 Å². The Morgan fingerprint density at radius 2 is 1.06 bits per heavy atom. The first-order valence-corrected chi connectivity index (χ1v) is 8.77. The maximum Gasteiger partial charge on any atom is 0.366 e. The first kappa shape index (κ1) is 21.7. The van der Waals surface area contributed by atoms with Crippen LogP contribution in [0, 0.1) is 20.2 Å². The molecular formula is C20H12N4O8. The van der Waals surface area contributed by atoms with Gasteiger partial charge in [-0.3, -0.25) is 20.2 Å². The molecule has 0 bridgehead atoms.